The average molecular weight is 309 g/mol. The number of amides is 1. The number of rotatable bonds is 3. The van der Waals surface area contributed by atoms with E-state index in [9.17, 15) is 4.79 Å². The summed E-state index contributed by atoms with van der Waals surface area (Å²) in [5.41, 5.74) is 3.15. The van der Waals surface area contributed by atoms with Crippen molar-refractivity contribution >= 4 is 5.91 Å². The molecule has 1 unspecified atom stereocenters. The van der Waals surface area contributed by atoms with Gasteiger partial charge in [-0.25, -0.2) is 9.97 Å². The van der Waals surface area contributed by atoms with Crippen molar-refractivity contribution in [2.24, 2.45) is 5.92 Å². The van der Waals surface area contributed by atoms with E-state index in [1.165, 1.54) is 17.5 Å². The Hall–Kier alpha value is -2.23. The van der Waals surface area contributed by atoms with Gasteiger partial charge < -0.3 is 4.90 Å². The normalized spacial score (nSPS) is 18.0. The van der Waals surface area contributed by atoms with Gasteiger partial charge in [0, 0.05) is 19.3 Å². The van der Waals surface area contributed by atoms with Crippen LogP contribution in [0.3, 0.4) is 0 Å². The van der Waals surface area contributed by atoms with E-state index in [0.29, 0.717) is 17.4 Å². The fourth-order valence-electron chi connectivity index (χ4n) is 3.21. The van der Waals surface area contributed by atoms with Crippen LogP contribution in [-0.2, 0) is 6.42 Å². The van der Waals surface area contributed by atoms with Crippen molar-refractivity contribution in [3.05, 3.63) is 59.2 Å². The van der Waals surface area contributed by atoms with Crippen LogP contribution in [0.25, 0.3) is 0 Å². The summed E-state index contributed by atoms with van der Waals surface area (Å²) in [5.74, 6) is 1.20. The first kappa shape index (κ1) is 15.7. The zero-order valence-corrected chi connectivity index (χ0v) is 13.8. The first-order chi connectivity index (χ1) is 11.1. The lowest BCUT2D eigenvalue weighted by Gasteiger charge is -2.32. The van der Waals surface area contributed by atoms with Gasteiger partial charge in [-0.3, -0.25) is 4.79 Å². The third kappa shape index (κ3) is 3.95. The van der Waals surface area contributed by atoms with Gasteiger partial charge in [0.25, 0.3) is 5.91 Å². The number of hydrogen-bond acceptors (Lipinski definition) is 3. The molecule has 1 amide bonds. The summed E-state index contributed by atoms with van der Waals surface area (Å²) in [6.07, 6.45) is 4.93. The third-order valence-electron chi connectivity index (χ3n) is 4.45. The summed E-state index contributed by atoms with van der Waals surface area (Å²) in [7, 11) is 0. The molecule has 1 saturated heterocycles. The van der Waals surface area contributed by atoms with Crippen LogP contribution in [0.5, 0.6) is 0 Å². The minimum Gasteiger partial charge on any atom is -0.337 e. The molecular formula is C19H23N3O. The van der Waals surface area contributed by atoms with Gasteiger partial charge in [-0.2, -0.15) is 0 Å². The van der Waals surface area contributed by atoms with Gasteiger partial charge in [0.15, 0.2) is 0 Å². The largest absolute Gasteiger partial charge is 0.337 e. The molecule has 0 N–H and O–H groups in total. The van der Waals surface area contributed by atoms with Crippen molar-refractivity contribution in [1.29, 1.82) is 0 Å². The molecular weight excluding hydrogens is 286 g/mol. The highest BCUT2D eigenvalue weighted by Crippen LogP contribution is 2.22. The minimum atomic E-state index is 0.0316. The standard InChI is InChI=1S/C19H23N3O/c1-14-5-7-16(8-6-14)12-17-4-3-11-22(13-17)19(23)18-9-10-20-15(2)21-18/h5-10,17H,3-4,11-13H2,1-2H3. The van der Waals surface area contributed by atoms with Crippen LogP contribution >= 0.6 is 0 Å². The number of benzene rings is 1. The second-order valence-corrected chi connectivity index (χ2v) is 6.44. The Bertz CT molecular complexity index is 681. The number of nitrogens with zero attached hydrogens (tertiary/aromatic N) is 3. The van der Waals surface area contributed by atoms with E-state index >= 15 is 0 Å². The van der Waals surface area contributed by atoms with Crippen molar-refractivity contribution in [3.8, 4) is 0 Å². The minimum absolute atomic E-state index is 0.0316. The summed E-state index contributed by atoms with van der Waals surface area (Å²) in [5, 5.41) is 0. The van der Waals surface area contributed by atoms with E-state index in [4.69, 9.17) is 0 Å². The van der Waals surface area contributed by atoms with E-state index in [2.05, 4.69) is 41.2 Å². The summed E-state index contributed by atoms with van der Waals surface area (Å²) < 4.78 is 0. The highest BCUT2D eigenvalue weighted by Gasteiger charge is 2.25. The highest BCUT2D eigenvalue weighted by atomic mass is 16.2. The number of carbonyl (C=O) groups excluding carboxylic acids is 1. The molecule has 2 heterocycles. The molecule has 3 rings (SSSR count). The van der Waals surface area contributed by atoms with Gasteiger partial charge in [-0.05, 0) is 50.7 Å². The molecule has 1 aliphatic rings. The first-order valence-corrected chi connectivity index (χ1v) is 8.26. The maximum Gasteiger partial charge on any atom is 0.272 e. The Labute approximate surface area is 137 Å². The van der Waals surface area contributed by atoms with Gasteiger partial charge in [-0.15, -0.1) is 0 Å². The SMILES string of the molecule is Cc1ccc(CC2CCCN(C(=O)c3ccnc(C)n3)C2)cc1. The summed E-state index contributed by atoms with van der Waals surface area (Å²) >= 11 is 0. The van der Waals surface area contributed by atoms with E-state index in [0.717, 1.165) is 25.9 Å². The first-order valence-electron chi connectivity index (χ1n) is 8.26. The zero-order chi connectivity index (χ0) is 16.2. The Morgan fingerprint density at radius 3 is 2.74 bits per heavy atom. The van der Waals surface area contributed by atoms with Crippen molar-refractivity contribution in [1.82, 2.24) is 14.9 Å². The number of carbonyl (C=O) groups is 1. The van der Waals surface area contributed by atoms with Gasteiger partial charge in [0.2, 0.25) is 0 Å². The van der Waals surface area contributed by atoms with Crippen LogP contribution in [0.15, 0.2) is 36.5 Å². The molecule has 0 saturated carbocycles. The highest BCUT2D eigenvalue weighted by molar-refractivity contribution is 5.92. The van der Waals surface area contributed by atoms with Crippen LogP contribution in [0, 0.1) is 19.8 Å². The monoisotopic (exact) mass is 309 g/mol. The fourth-order valence-corrected chi connectivity index (χ4v) is 3.21. The lowest BCUT2D eigenvalue weighted by atomic mass is 9.91. The van der Waals surface area contributed by atoms with Crippen LogP contribution in [0.4, 0.5) is 0 Å². The molecule has 0 radical (unpaired) electrons. The Morgan fingerprint density at radius 1 is 1.22 bits per heavy atom. The van der Waals surface area contributed by atoms with Gasteiger partial charge in [0.05, 0.1) is 0 Å². The molecule has 1 aromatic heterocycles. The Balaban J connectivity index is 1.66. The summed E-state index contributed by atoms with van der Waals surface area (Å²) in [4.78, 5) is 22.9. The molecule has 120 valence electrons. The Kier molecular flexibility index (Phi) is 4.70. The van der Waals surface area contributed by atoms with Crippen LogP contribution < -0.4 is 0 Å². The average Bonchev–Trinajstić information content (AvgIpc) is 2.56. The topological polar surface area (TPSA) is 46.1 Å². The van der Waals surface area contributed by atoms with E-state index < -0.39 is 0 Å². The Morgan fingerprint density at radius 2 is 2.00 bits per heavy atom. The predicted octanol–water partition coefficient (Wildman–Crippen LogP) is 3.19. The molecule has 0 spiro atoms. The molecule has 1 aliphatic heterocycles. The maximum absolute atomic E-state index is 12.6. The van der Waals surface area contributed by atoms with E-state index in [-0.39, 0.29) is 5.91 Å². The second-order valence-electron chi connectivity index (χ2n) is 6.44. The lowest BCUT2D eigenvalue weighted by Crippen LogP contribution is -2.40. The van der Waals surface area contributed by atoms with Crippen molar-refractivity contribution in [3.63, 3.8) is 0 Å². The van der Waals surface area contributed by atoms with Crippen LogP contribution in [-0.4, -0.2) is 33.9 Å². The van der Waals surface area contributed by atoms with Crippen molar-refractivity contribution in [2.45, 2.75) is 33.1 Å². The molecule has 2 aromatic rings. The van der Waals surface area contributed by atoms with Crippen LogP contribution in [0.1, 0.15) is 40.3 Å². The smallest absolute Gasteiger partial charge is 0.272 e. The van der Waals surface area contributed by atoms with Gasteiger partial charge >= 0.3 is 0 Å². The van der Waals surface area contributed by atoms with Crippen molar-refractivity contribution in [2.75, 3.05) is 13.1 Å². The number of hydrogen-bond donors (Lipinski definition) is 0. The molecule has 4 nitrogen and oxygen atoms in total. The zero-order valence-electron chi connectivity index (χ0n) is 13.8. The third-order valence-corrected chi connectivity index (χ3v) is 4.45. The summed E-state index contributed by atoms with van der Waals surface area (Å²) in [6, 6.07) is 10.4. The number of piperidine rings is 1. The quantitative estimate of drug-likeness (QED) is 0.875. The van der Waals surface area contributed by atoms with Crippen LogP contribution in [0.2, 0.25) is 0 Å². The van der Waals surface area contributed by atoms with E-state index in [1.54, 1.807) is 12.3 Å². The summed E-state index contributed by atoms with van der Waals surface area (Å²) in [6.45, 7) is 5.56. The predicted molar refractivity (Wildman–Crippen MR) is 90.3 cm³/mol. The second kappa shape index (κ2) is 6.90. The lowest BCUT2D eigenvalue weighted by molar-refractivity contribution is 0.0667. The molecule has 0 bridgehead atoms. The molecule has 1 fully saturated rings. The molecule has 0 aliphatic carbocycles. The maximum atomic E-state index is 12.6. The van der Waals surface area contributed by atoms with Gasteiger partial charge in [0.1, 0.15) is 11.5 Å². The molecule has 1 atom stereocenters. The van der Waals surface area contributed by atoms with Crippen molar-refractivity contribution < 1.29 is 4.79 Å². The van der Waals surface area contributed by atoms with E-state index in [1.807, 2.05) is 11.8 Å². The molecule has 4 heteroatoms. The van der Waals surface area contributed by atoms with Gasteiger partial charge in [-0.1, -0.05) is 29.8 Å². The number of aryl methyl sites for hydroxylation is 2. The molecule has 23 heavy (non-hydrogen) atoms. The number of aromatic nitrogens is 2. The molecule has 1 aromatic carbocycles. The fraction of sp³-hybridized carbons (Fsp3) is 0.421. The number of likely N-dealkylation sites (tertiary alicyclic amines) is 1.